The molecule has 2 aliphatic rings. The van der Waals surface area contributed by atoms with Crippen LogP contribution in [0.25, 0.3) is 11.3 Å². The Hall–Kier alpha value is -2.67. The predicted molar refractivity (Wildman–Crippen MR) is 109 cm³/mol. The van der Waals surface area contributed by atoms with Crippen LogP contribution in [0.5, 0.6) is 0 Å². The number of aliphatic hydroxyl groups excluding tert-OH is 1. The molecule has 1 unspecified atom stereocenters. The number of amides is 1. The van der Waals surface area contributed by atoms with Crippen molar-refractivity contribution >= 4 is 17.5 Å². The summed E-state index contributed by atoms with van der Waals surface area (Å²) in [6.45, 7) is 1.79. The van der Waals surface area contributed by atoms with Crippen molar-refractivity contribution in [2.75, 3.05) is 43.5 Å². The Labute approximate surface area is 165 Å². The van der Waals surface area contributed by atoms with Crippen LogP contribution < -0.4 is 15.1 Å². The van der Waals surface area contributed by atoms with E-state index in [1.807, 2.05) is 20.2 Å². The molecule has 0 saturated carbocycles. The van der Waals surface area contributed by atoms with Crippen molar-refractivity contribution in [3.8, 4) is 11.3 Å². The van der Waals surface area contributed by atoms with Crippen molar-refractivity contribution in [3.63, 3.8) is 0 Å². The third kappa shape index (κ3) is 3.54. The van der Waals surface area contributed by atoms with Crippen molar-refractivity contribution in [1.29, 1.82) is 0 Å². The van der Waals surface area contributed by atoms with Gasteiger partial charge >= 0.3 is 0 Å². The summed E-state index contributed by atoms with van der Waals surface area (Å²) in [6.07, 6.45) is 3.31. The Morgan fingerprint density at radius 3 is 2.57 bits per heavy atom. The molecule has 2 aliphatic heterocycles. The van der Waals surface area contributed by atoms with Gasteiger partial charge in [-0.1, -0.05) is 12.1 Å². The lowest BCUT2D eigenvalue weighted by atomic mass is 9.71. The van der Waals surface area contributed by atoms with Crippen molar-refractivity contribution in [2.45, 2.75) is 25.4 Å². The molecule has 0 aliphatic carbocycles. The normalized spacial score (nSPS) is 21.5. The number of carbonyl (C=O) groups excluding carboxylic acids is 1. The fourth-order valence-corrected chi connectivity index (χ4v) is 4.17. The maximum absolute atomic E-state index is 12.4. The maximum Gasteiger partial charge on any atom is 0.226 e. The van der Waals surface area contributed by atoms with Gasteiger partial charge in [-0.05, 0) is 37.5 Å². The molecule has 148 valence electrons. The number of benzene rings is 1. The lowest BCUT2D eigenvalue weighted by Gasteiger charge is -2.44. The number of β-amino-alcohol motifs (C(OH)–C–C–N with tert-alkyl or cyclic N) is 1. The molecule has 4 rings (SSSR count). The molecule has 2 saturated heterocycles. The summed E-state index contributed by atoms with van der Waals surface area (Å²) in [5.74, 6) is 0.772. The maximum atomic E-state index is 12.4. The second-order valence-corrected chi connectivity index (χ2v) is 8.02. The standard InChI is InChI=1S/C21H27N5O2/c1-25(2)16-5-3-15(4-6-16)18-7-10-22-20(24-18)26-11-8-21(9-12-26)13-17(27)14-23-19(21)28/h3-7,10,17,27H,8-9,11-14H2,1-2H3,(H,23,28). The zero-order chi connectivity index (χ0) is 19.7. The Kier molecular flexibility index (Phi) is 4.93. The highest BCUT2D eigenvalue weighted by atomic mass is 16.3. The average Bonchev–Trinajstić information content (AvgIpc) is 2.72. The SMILES string of the molecule is CN(C)c1ccc(-c2ccnc(N3CCC4(CC3)CC(O)CNC4=O)n2)cc1. The molecule has 2 fully saturated rings. The number of aliphatic hydroxyl groups is 1. The van der Waals surface area contributed by atoms with E-state index in [4.69, 9.17) is 4.98 Å². The summed E-state index contributed by atoms with van der Waals surface area (Å²) >= 11 is 0. The van der Waals surface area contributed by atoms with Crippen molar-refractivity contribution in [1.82, 2.24) is 15.3 Å². The van der Waals surface area contributed by atoms with Gasteiger partial charge in [0.25, 0.3) is 0 Å². The van der Waals surface area contributed by atoms with Gasteiger partial charge in [0.1, 0.15) is 0 Å². The lowest BCUT2D eigenvalue weighted by molar-refractivity contribution is -0.138. The number of piperidine rings is 2. The quantitative estimate of drug-likeness (QED) is 0.842. The van der Waals surface area contributed by atoms with Crippen LogP contribution in [0.15, 0.2) is 36.5 Å². The van der Waals surface area contributed by atoms with Gasteiger partial charge in [-0.15, -0.1) is 0 Å². The molecule has 2 N–H and O–H groups in total. The average molecular weight is 381 g/mol. The summed E-state index contributed by atoms with van der Waals surface area (Å²) in [5, 5.41) is 12.8. The first-order valence-corrected chi connectivity index (χ1v) is 9.79. The largest absolute Gasteiger partial charge is 0.391 e. The molecule has 7 nitrogen and oxygen atoms in total. The number of anilines is 2. The third-order valence-electron chi connectivity index (χ3n) is 5.93. The molecule has 0 radical (unpaired) electrons. The molecule has 2 aromatic rings. The van der Waals surface area contributed by atoms with E-state index in [2.05, 4.69) is 44.4 Å². The number of nitrogens with one attached hydrogen (secondary N) is 1. The summed E-state index contributed by atoms with van der Waals surface area (Å²) < 4.78 is 0. The van der Waals surface area contributed by atoms with Crippen molar-refractivity contribution in [2.24, 2.45) is 5.41 Å². The van der Waals surface area contributed by atoms with Crippen LogP contribution in [0, 0.1) is 5.41 Å². The monoisotopic (exact) mass is 381 g/mol. The van der Waals surface area contributed by atoms with Crippen LogP contribution in [0.4, 0.5) is 11.6 Å². The summed E-state index contributed by atoms with van der Waals surface area (Å²) in [5.41, 5.74) is 2.64. The number of carbonyl (C=O) groups is 1. The smallest absolute Gasteiger partial charge is 0.226 e. The fraction of sp³-hybridized carbons (Fsp3) is 0.476. The minimum Gasteiger partial charge on any atom is -0.391 e. The van der Waals surface area contributed by atoms with E-state index >= 15 is 0 Å². The Morgan fingerprint density at radius 1 is 1.18 bits per heavy atom. The van der Waals surface area contributed by atoms with Crippen LogP contribution in [0.2, 0.25) is 0 Å². The molecule has 1 aromatic heterocycles. The first-order valence-electron chi connectivity index (χ1n) is 9.79. The van der Waals surface area contributed by atoms with E-state index < -0.39 is 11.5 Å². The van der Waals surface area contributed by atoms with Crippen LogP contribution in [-0.4, -0.2) is 60.8 Å². The molecule has 1 atom stereocenters. The molecule has 3 heterocycles. The highest BCUT2D eigenvalue weighted by molar-refractivity contribution is 5.84. The minimum absolute atomic E-state index is 0.0769. The van der Waals surface area contributed by atoms with Gasteiger partial charge in [-0.3, -0.25) is 4.79 Å². The van der Waals surface area contributed by atoms with Gasteiger partial charge in [0, 0.05) is 51.2 Å². The Balaban J connectivity index is 1.49. The number of hydrogen-bond acceptors (Lipinski definition) is 6. The van der Waals surface area contributed by atoms with Crippen molar-refractivity contribution in [3.05, 3.63) is 36.5 Å². The first kappa shape index (κ1) is 18.7. The highest BCUT2D eigenvalue weighted by Gasteiger charge is 2.45. The number of aromatic nitrogens is 2. The van der Waals surface area contributed by atoms with Crippen molar-refractivity contribution < 1.29 is 9.90 Å². The third-order valence-corrected chi connectivity index (χ3v) is 5.93. The number of nitrogens with zero attached hydrogens (tertiary/aromatic N) is 4. The Bertz CT molecular complexity index is 844. The van der Waals surface area contributed by atoms with E-state index in [0.717, 1.165) is 16.9 Å². The summed E-state index contributed by atoms with van der Waals surface area (Å²) in [4.78, 5) is 25.8. The molecule has 7 heteroatoms. The molecule has 0 bridgehead atoms. The summed E-state index contributed by atoms with van der Waals surface area (Å²) in [6, 6.07) is 10.2. The molecule has 1 spiro atoms. The van der Waals surface area contributed by atoms with Gasteiger partial charge < -0.3 is 20.2 Å². The van der Waals surface area contributed by atoms with Gasteiger partial charge in [-0.2, -0.15) is 0 Å². The van der Waals surface area contributed by atoms with Gasteiger partial charge in [0.2, 0.25) is 11.9 Å². The topological polar surface area (TPSA) is 81.6 Å². The highest BCUT2D eigenvalue weighted by Crippen LogP contribution is 2.39. The molecule has 28 heavy (non-hydrogen) atoms. The van der Waals surface area contributed by atoms with Crippen LogP contribution in [-0.2, 0) is 4.79 Å². The zero-order valence-corrected chi connectivity index (χ0v) is 16.4. The number of rotatable bonds is 3. The summed E-state index contributed by atoms with van der Waals surface area (Å²) in [7, 11) is 4.04. The lowest BCUT2D eigenvalue weighted by Crippen LogP contribution is -2.56. The van der Waals surface area contributed by atoms with E-state index in [9.17, 15) is 9.90 Å². The molecular formula is C21H27N5O2. The van der Waals surface area contributed by atoms with Crippen LogP contribution in [0.3, 0.4) is 0 Å². The molecule has 1 amide bonds. The first-order chi connectivity index (χ1) is 13.5. The second kappa shape index (κ2) is 7.39. The predicted octanol–water partition coefficient (Wildman–Crippen LogP) is 1.68. The van der Waals surface area contributed by atoms with Gasteiger partial charge in [-0.25, -0.2) is 9.97 Å². The Morgan fingerprint density at radius 2 is 1.89 bits per heavy atom. The molecular weight excluding hydrogens is 354 g/mol. The minimum atomic E-state index is -0.451. The van der Waals surface area contributed by atoms with Gasteiger partial charge in [0.15, 0.2) is 0 Å². The van der Waals surface area contributed by atoms with E-state index in [1.165, 1.54) is 0 Å². The van der Waals surface area contributed by atoms with Gasteiger partial charge in [0.05, 0.1) is 17.2 Å². The van der Waals surface area contributed by atoms with E-state index in [0.29, 0.717) is 44.8 Å². The van der Waals surface area contributed by atoms with E-state index in [-0.39, 0.29) is 5.91 Å². The zero-order valence-electron chi connectivity index (χ0n) is 16.4. The second-order valence-electron chi connectivity index (χ2n) is 8.02. The van der Waals surface area contributed by atoms with Crippen LogP contribution in [0.1, 0.15) is 19.3 Å². The van der Waals surface area contributed by atoms with E-state index in [1.54, 1.807) is 6.20 Å². The fourth-order valence-electron chi connectivity index (χ4n) is 4.17. The number of hydrogen-bond donors (Lipinski definition) is 2. The van der Waals surface area contributed by atoms with Crippen LogP contribution >= 0.6 is 0 Å². The molecule has 1 aromatic carbocycles.